The van der Waals surface area contributed by atoms with Crippen LogP contribution >= 0.6 is 11.8 Å². The van der Waals surface area contributed by atoms with Crippen LogP contribution in [0.5, 0.6) is 0 Å². The zero-order chi connectivity index (χ0) is 12.3. The highest BCUT2D eigenvalue weighted by Crippen LogP contribution is 2.29. The van der Waals surface area contributed by atoms with Gasteiger partial charge in [0.25, 0.3) is 0 Å². The Bertz CT molecular complexity index is 585. The van der Waals surface area contributed by atoms with Crippen LogP contribution in [0.2, 0.25) is 0 Å². The number of aromatic nitrogens is 1. The lowest BCUT2D eigenvalue weighted by atomic mass is 10.2. The number of hydrogen-bond acceptors (Lipinski definition) is 3. The van der Waals surface area contributed by atoms with E-state index in [4.69, 9.17) is 5.26 Å². The lowest BCUT2D eigenvalue weighted by molar-refractivity contribution is 1.08. The van der Waals surface area contributed by atoms with Crippen molar-refractivity contribution in [2.24, 2.45) is 0 Å². The number of rotatable bonds is 2. The Labute approximate surface area is 105 Å². The smallest absolute Gasteiger partial charge is 0.119 e. The number of aryl methyl sites for hydroxylation is 2. The lowest BCUT2D eigenvalue weighted by Gasteiger charge is -2.05. The highest BCUT2D eigenvalue weighted by molar-refractivity contribution is 7.99. The minimum atomic E-state index is 0.666. The van der Waals surface area contributed by atoms with Gasteiger partial charge in [0.2, 0.25) is 0 Å². The van der Waals surface area contributed by atoms with Gasteiger partial charge in [-0.2, -0.15) is 5.26 Å². The predicted molar refractivity (Wildman–Crippen MR) is 69.0 cm³/mol. The molecule has 3 heteroatoms. The summed E-state index contributed by atoms with van der Waals surface area (Å²) in [5.41, 5.74) is 2.85. The lowest BCUT2D eigenvalue weighted by Crippen LogP contribution is -1.90. The van der Waals surface area contributed by atoms with Gasteiger partial charge in [0.1, 0.15) is 11.1 Å². The normalized spacial score (nSPS) is 9.94. The Morgan fingerprint density at radius 2 is 2.06 bits per heavy atom. The molecule has 0 N–H and O–H groups in total. The van der Waals surface area contributed by atoms with Crippen molar-refractivity contribution >= 4 is 11.8 Å². The van der Waals surface area contributed by atoms with Crippen molar-refractivity contribution in [2.75, 3.05) is 0 Å². The second-order valence-corrected chi connectivity index (χ2v) is 4.90. The standard InChI is InChI=1S/C14H12N2S/c1-10-4-3-5-12(8-10)17-14-13(9-15)11(2)6-7-16-14/h3-8H,1-2H3. The summed E-state index contributed by atoms with van der Waals surface area (Å²) >= 11 is 1.53. The molecule has 0 fully saturated rings. The molecular formula is C14H12N2S. The van der Waals surface area contributed by atoms with Crippen LogP contribution in [0, 0.1) is 25.2 Å². The minimum Gasteiger partial charge on any atom is -0.248 e. The molecule has 0 unspecified atom stereocenters. The average Bonchev–Trinajstić information content (AvgIpc) is 2.29. The van der Waals surface area contributed by atoms with E-state index in [1.165, 1.54) is 17.3 Å². The number of benzene rings is 1. The van der Waals surface area contributed by atoms with E-state index in [9.17, 15) is 0 Å². The first-order chi connectivity index (χ1) is 8.20. The van der Waals surface area contributed by atoms with Crippen LogP contribution < -0.4 is 0 Å². The van der Waals surface area contributed by atoms with Gasteiger partial charge in [-0.1, -0.05) is 29.5 Å². The van der Waals surface area contributed by atoms with Crippen molar-refractivity contribution in [3.05, 3.63) is 53.2 Å². The molecule has 1 aromatic carbocycles. The Hall–Kier alpha value is -1.79. The Kier molecular flexibility index (Phi) is 3.46. The molecule has 0 spiro atoms. The molecule has 2 aromatic rings. The van der Waals surface area contributed by atoms with Crippen LogP contribution in [0.25, 0.3) is 0 Å². The van der Waals surface area contributed by atoms with E-state index >= 15 is 0 Å². The topological polar surface area (TPSA) is 36.7 Å². The maximum atomic E-state index is 9.13. The molecule has 0 aliphatic carbocycles. The molecule has 0 radical (unpaired) electrons. The van der Waals surface area contributed by atoms with Crippen molar-refractivity contribution in [3.8, 4) is 6.07 Å². The second-order valence-electron chi connectivity index (χ2n) is 3.84. The molecule has 2 rings (SSSR count). The summed E-state index contributed by atoms with van der Waals surface area (Å²) in [6.45, 7) is 3.99. The molecule has 0 saturated heterocycles. The van der Waals surface area contributed by atoms with E-state index in [0.717, 1.165) is 15.5 Å². The Morgan fingerprint density at radius 1 is 1.24 bits per heavy atom. The van der Waals surface area contributed by atoms with Crippen LogP contribution in [0.1, 0.15) is 16.7 Å². The zero-order valence-corrected chi connectivity index (χ0v) is 10.6. The van der Waals surface area contributed by atoms with Crippen molar-refractivity contribution in [2.45, 2.75) is 23.8 Å². The molecule has 1 heterocycles. The second kappa shape index (κ2) is 5.03. The van der Waals surface area contributed by atoms with Crippen molar-refractivity contribution < 1.29 is 0 Å². The number of hydrogen-bond donors (Lipinski definition) is 0. The van der Waals surface area contributed by atoms with Crippen LogP contribution in [0.15, 0.2) is 46.5 Å². The van der Waals surface area contributed by atoms with E-state index in [1.807, 2.05) is 25.1 Å². The van der Waals surface area contributed by atoms with Gasteiger partial charge in [-0.15, -0.1) is 0 Å². The molecule has 84 valence electrons. The molecule has 2 nitrogen and oxygen atoms in total. The SMILES string of the molecule is Cc1cccc(Sc2nccc(C)c2C#N)c1. The van der Waals surface area contributed by atoms with Gasteiger partial charge in [0.05, 0.1) is 5.56 Å². The van der Waals surface area contributed by atoms with E-state index in [2.05, 4.69) is 30.1 Å². The van der Waals surface area contributed by atoms with Gasteiger partial charge in [-0.25, -0.2) is 4.98 Å². The summed E-state index contributed by atoms with van der Waals surface area (Å²) in [6.07, 6.45) is 1.74. The zero-order valence-electron chi connectivity index (χ0n) is 9.77. The van der Waals surface area contributed by atoms with Crippen LogP contribution in [0.3, 0.4) is 0 Å². The highest BCUT2D eigenvalue weighted by atomic mass is 32.2. The van der Waals surface area contributed by atoms with Gasteiger partial charge in [0.15, 0.2) is 0 Å². The van der Waals surface area contributed by atoms with Gasteiger partial charge in [-0.3, -0.25) is 0 Å². The summed E-state index contributed by atoms with van der Waals surface area (Å²) in [7, 11) is 0. The quantitative estimate of drug-likeness (QED) is 0.802. The summed E-state index contributed by atoms with van der Waals surface area (Å²) < 4.78 is 0. The maximum absolute atomic E-state index is 9.13. The molecule has 0 aliphatic heterocycles. The molecule has 0 saturated carbocycles. The first kappa shape index (κ1) is 11.7. The van der Waals surface area contributed by atoms with Gasteiger partial charge in [0, 0.05) is 11.1 Å². The van der Waals surface area contributed by atoms with E-state index < -0.39 is 0 Å². The number of pyridine rings is 1. The molecule has 0 bridgehead atoms. The first-order valence-electron chi connectivity index (χ1n) is 5.31. The van der Waals surface area contributed by atoms with E-state index in [0.29, 0.717) is 5.56 Å². The minimum absolute atomic E-state index is 0.666. The van der Waals surface area contributed by atoms with Gasteiger partial charge >= 0.3 is 0 Å². The van der Waals surface area contributed by atoms with Gasteiger partial charge < -0.3 is 0 Å². The molecular weight excluding hydrogens is 228 g/mol. The average molecular weight is 240 g/mol. The fourth-order valence-electron chi connectivity index (χ4n) is 1.54. The molecule has 0 atom stereocenters. The van der Waals surface area contributed by atoms with Crippen LogP contribution in [-0.2, 0) is 0 Å². The Balaban J connectivity index is 2.37. The van der Waals surface area contributed by atoms with E-state index in [1.54, 1.807) is 6.20 Å². The molecule has 17 heavy (non-hydrogen) atoms. The third-order valence-corrected chi connectivity index (χ3v) is 3.43. The highest BCUT2D eigenvalue weighted by Gasteiger charge is 2.08. The summed E-state index contributed by atoms with van der Waals surface area (Å²) in [4.78, 5) is 5.39. The largest absolute Gasteiger partial charge is 0.248 e. The van der Waals surface area contributed by atoms with Crippen LogP contribution in [0.4, 0.5) is 0 Å². The van der Waals surface area contributed by atoms with Crippen molar-refractivity contribution in [1.82, 2.24) is 4.98 Å². The number of nitriles is 1. The molecule has 0 amide bonds. The summed E-state index contributed by atoms with van der Waals surface area (Å²) in [6, 6.07) is 12.3. The monoisotopic (exact) mass is 240 g/mol. The summed E-state index contributed by atoms with van der Waals surface area (Å²) in [5.74, 6) is 0. The predicted octanol–water partition coefficient (Wildman–Crippen LogP) is 3.72. The molecule has 0 aliphatic rings. The van der Waals surface area contributed by atoms with Gasteiger partial charge in [-0.05, 0) is 37.6 Å². The fourth-order valence-corrected chi connectivity index (χ4v) is 2.57. The Morgan fingerprint density at radius 3 is 2.76 bits per heavy atom. The number of nitrogens with zero attached hydrogens (tertiary/aromatic N) is 2. The first-order valence-corrected chi connectivity index (χ1v) is 6.12. The van der Waals surface area contributed by atoms with Crippen LogP contribution in [-0.4, -0.2) is 4.98 Å². The fraction of sp³-hybridized carbons (Fsp3) is 0.143. The summed E-state index contributed by atoms with van der Waals surface area (Å²) in [5, 5.41) is 9.90. The van der Waals surface area contributed by atoms with E-state index in [-0.39, 0.29) is 0 Å². The van der Waals surface area contributed by atoms with Crippen molar-refractivity contribution in [1.29, 1.82) is 5.26 Å². The maximum Gasteiger partial charge on any atom is 0.119 e. The third-order valence-electron chi connectivity index (χ3n) is 2.44. The molecule has 1 aromatic heterocycles. The third kappa shape index (κ3) is 2.66. The van der Waals surface area contributed by atoms with Crippen molar-refractivity contribution in [3.63, 3.8) is 0 Å².